The Hall–Kier alpha value is -0.870. The average molecular weight is 328 g/mol. The zero-order chi connectivity index (χ0) is 14.3. The molecule has 0 bridgehead atoms. The van der Waals surface area contributed by atoms with Crippen LogP contribution in [0.25, 0.3) is 0 Å². The first-order chi connectivity index (χ1) is 9.00. The van der Waals surface area contributed by atoms with Gasteiger partial charge in [-0.2, -0.15) is 0 Å². The predicted octanol–water partition coefficient (Wildman–Crippen LogP) is 3.55. The van der Waals surface area contributed by atoms with Crippen LogP contribution in [0.1, 0.15) is 36.2 Å². The predicted molar refractivity (Wildman–Crippen MR) is 81.5 cm³/mol. The number of rotatable bonds is 7. The minimum absolute atomic E-state index is 0.0374. The van der Waals surface area contributed by atoms with Crippen molar-refractivity contribution in [3.05, 3.63) is 33.8 Å². The van der Waals surface area contributed by atoms with Gasteiger partial charge < -0.3 is 10.1 Å². The molecule has 0 radical (unpaired) electrons. The highest BCUT2D eigenvalue weighted by atomic mass is 79.9. The highest BCUT2D eigenvalue weighted by Gasteiger charge is 2.06. The van der Waals surface area contributed by atoms with Crippen LogP contribution in [0.2, 0.25) is 0 Å². The molecular weight excluding hydrogens is 306 g/mol. The van der Waals surface area contributed by atoms with E-state index < -0.39 is 0 Å². The van der Waals surface area contributed by atoms with Gasteiger partial charge in [0.2, 0.25) is 0 Å². The molecule has 1 amide bonds. The number of carbonyl (C=O) groups excluding carboxylic acids is 1. The van der Waals surface area contributed by atoms with Crippen LogP contribution in [0, 0.1) is 12.8 Å². The first kappa shape index (κ1) is 16.2. The zero-order valence-corrected chi connectivity index (χ0v) is 13.4. The van der Waals surface area contributed by atoms with Crippen LogP contribution in [0.5, 0.6) is 0 Å². The van der Waals surface area contributed by atoms with E-state index in [9.17, 15) is 4.79 Å². The molecule has 1 rings (SSSR count). The highest BCUT2D eigenvalue weighted by molar-refractivity contribution is 9.10. The number of halogens is 1. The van der Waals surface area contributed by atoms with Gasteiger partial charge in [-0.15, -0.1) is 0 Å². The molecule has 0 saturated heterocycles. The second kappa shape index (κ2) is 8.33. The van der Waals surface area contributed by atoms with Crippen molar-refractivity contribution in [2.45, 2.75) is 27.2 Å². The van der Waals surface area contributed by atoms with Gasteiger partial charge in [-0.25, -0.2) is 0 Å². The summed E-state index contributed by atoms with van der Waals surface area (Å²) in [7, 11) is 0. The Bertz CT molecular complexity index is 419. The number of benzene rings is 1. The summed E-state index contributed by atoms with van der Waals surface area (Å²) in [4.78, 5) is 11.9. The number of hydrogen-bond acceptors (Lipinski definition) is 2. The van der Waals surface area contributed by atoms with Gasteiger partial charge in [0, 0.05) is 29.8 Å². The summed E-state index contributed by atoms with van der Waals surface area (Å²) >= 11 is 3.43. The van der Waals surface area contributed by atoms with E-state index in [1.54, 1.807) is 0 Å². The molecule has 0 aromatic heterocycles. The van der Waals surface area contributed by atoms with Gasteiger partial charge in [-0.3, -0.25) is 4.79 Å². The molecule has 0 heterocycles. The zero-order valence-electron chi connectivity index (χ0n) is 11.8. The lowest BCUT2D eigenvalue weighted by atomic mass is 10.1. The molecule has 0 saturated carbocycles. The maximum absolute atomic E-state index is 11.9. The molecule has 0 aliphatic rings. The minimum atomic E-state index is -0.0374. The minimum Gasteiger partial charge on any atom is -0.381 e. The monoisotopic (exact) mass is 327 g/mol. The van der Waals surface area contributed by atoms with Crippen LogP contribution in [-0.4, -0.2) is 25.7 Å². The quantitative estimate of drug-likeness (QED) is 0.778. The van der Waals surface area contributed by atoms with Crippen LogP contribution >= 0.6 is 15.9 Å². The fourth-order valence-electron chi connectivity index (χ4n) is 1.53. The van der Waals surface area contributed by atoms with Gasteiger partial charge in [-0.1, -0.05) is 35.8 Å². The Balaban J connectivity index is 2.26. The van der Waals surface area contributed by atoms with Crippen molar-refractivity contribution < 1.29 is 9.53 Å². The number of aryl methyl sites for hydroxylation is 1. The van der Waals surface area contributed by atoms with Gasteiger partial charge >= 0.3 is 0 Å². The SMILES string of the molecule is Cc1ccc(C(=O)NCCCOCC(C)C)cc1Br. The molecule has 1 aromatic rings. The lowest BCUT2D eigenvalue weighted by Gasteiger charge is -2.08. The van der Waals surface area contributed by atoms with E-state index in [1.807, 2.05) is 25.1 Å². The molecule has 3 nitrogen and oxygen atoms in total. The molecule has 0 aliphatic carbocycles. The Morgan fingerprint density at radius 1 is 1.42 bits per heavy atom. The average Bonchev–Trinajstić information content (AvgIpc) is 2.36. The maximum Gasteiger partial charge on any atom is 0.251 e. The fraction of sp³-hybridized carbons (Fsp3) is 0.533. The van der Waals surface area contributed by atoms with E-state index in [0.29, 0.717) is 24.6 Å². The largest absolute Gasteiger partial charge is 0.381 e. The molecule has 0 aliphatic heterocycles. The third-order valence-corrected chi connectivity index (χ3v) is 3.49. The second-order valence-electron chi connectivity index (χ2n) is 5.04. The first-order valence-corrected chi connectivity index (χ1v) is 7.42. The van der Waals surface area contributed by atoms with Crippen molar-refractivity contribution in [3.8, 4) is 0 Å². The van der Waals surface area contributed by atoms with E-state index >= 15 is 0 Å². The van der Waals surface area contributed by atoms with Crippen LogP contribution in [0.4, 0.5) is 0 Å². The summed E-state index contributed by atoms with van der Waals surface area (Å²) in [5.74, 6) is 0.518. The lowest BCUT2D eigenvalue weighted by Crippen LogP contribution is -2.25. The van der Waals surface area contributed by atoms with Crippen LogP contribution in [0.3, 0.4) is 0 Å². The Kier molecular flexibility index (Phi) is 7.10. The van der Waals surface area contributed by atoms with Gasteiger partial charge in [0.05, 0.1) is 0 Å². The smallest absolute Gasteiger partial charge is 0.251 e. The fourth-order valence-corrected chi connectivity index (χ4v) is 1.91. The second-order valence-corrected chi connectivity index (χ2v) is 5.90. The summed E-state index contributed by atoms with van der Waals surface area (Å²) in [6.07, 6.45) is 0.839. The normalized spacial score (nSPS) is 10.8. The van der Waals surface area contributed by atoms with E-state index in [1.165, 1.54) is 0 Å². The third-order valence-electron chi connectivity index (χ3n) is 2.64. The maximum atomic E-state index is 11.9. The summed E-state index contributed by atoms with van der Waals surface area (Å²) in [5.41, 5.74) is 1.80. The molecule has 0 fully saturated rings. The van der Waals surface area contributed by atoms with E-state index in [0.717, 1.165) is 23.1 Å². The summed E-state index contributed by atoms with van der Waals surface area (Å²) in [6, 6.07) is 5.62. The van der Waals surface area contributed by atoms with Crippen molar-refractivity contribution in [3.63, 3.8) is 0 Å². The van der Waals surface area contributed by atoms with E-state index in [4.69, 9.17) is 4.74 Å². The molecular formula is C15H22BrNO2. The van der Waals surface area contributed by atoms with Crippen LogP contribution < -0.4 is 5.32 Å². The number of ether oxygens (including phenoxy) is 1. The van der Waals surface area contributed by atoms with Gasteiger partial charge in [0.1, 0.15) is 0 Å². The number of nitrogens with one attached hydrogen (secondary N) is 1. The molecule has 1 aromatic carbocycles. The molecule has 0 unspecified atom stereocenters. The third kappa shape index (κ3) is 6.21. The summed E-state index contributed by atoms with van der Waals surface area (Å²) < 4.78 is 6.42. The Morgan fingerprint density at radius 3 is 2.79 bits per heavy atom. The van der Waals surface area contributed by atoms with E-state index in [-0.39, 0.29) is 5.91 Å². The molecule has 19 heavy (non-hydrogen) atoms. The van der Waals surface area contributed by atoms with Crippen molar-refractivity contribution in [2.24, 2.45) is 5.92 Å². The van der Waals surface area contributed by atoms with Crippen LogP contribution in [-0.2, 0) is 4.74 Å². The van der Waals surface area contributed by atoms with Gasteiger partial charge in [0.25, 0.3) is 5.91 Å². The van der Waals surface area contributed by atoms with Crippen molar-refractivity contribution >= 4 is 21.8 Å². The highest BCUT2D eigenvalue weighted by Crippen LogP contribution is 2.17. The number of hydrogen-bond donors (Lipinski definition) is 1. The molecule has 0 spiro atoms. The number of amides is 1. The van der Waals surface area contributed by atoms with Crippen molar-refractivity contribution in [1.29, 1.82) is 0 Å². The molecule has 106 valence electrons. The summed E-state index contributed by atoms with van der Waals surface area (Å²) in [6.45, 7) is 8.35. The first-order valence-electron chi connectivity index (χ1n) is 6.62. The lowest BCUT2D eigenvalue weighted by molar-refractivity contribution is 0.0925. The number of carbonyl (C=O) groups is 1. The van der Waals surface area contributed by atoms with Gasteiger partial charge in [-0.05, 0) is 37.0 Å². The Morgan fingerprint density at radius 2 is 2.16 bits per heavy atom. The van der Waals surface area contributed by atoms with Crippen molar-refractivity contribution in [2.75, 3.05) is 19.8 Å². The molecule has 0 atom stereocenters. The molecule has 4 heteroatoms. The summed E-state index contributed by atoms with van der Waals surface area (Å²) in [5, 5.41) is 2.89. The van der Waals surface area contributed by atoms with Crippen LogP contribution in [0.15, 0.2) is 22.7 Å². The van der Waals surface area contributed by atoms with E-state index in [2.05, 4.69) is 35.1 Å². The van der Waals surface area contributed by atoms with Crippen molar-refractivity contribution in [1.82, 2.24) is 5.32 Å². The Labute approximate surface area is 123 Å². The molecule has 1 N–H and O–H groups in total. The topological polar surface area (TPSA) is 38.3 Å². The standard InChI is InChI=1S/C15H22BrNO2/c1-11(2)10-19-8-4-7-17-15(18)13-6-5-12(3)14(16)9-13/h5-6,9,11H,4,7-8,10H2,1-3H3,(H,17,18). The van der Waals surface area contributed by atoms with Gasteiger partial charge in [0.15, 0.2) is 0 Å².